The molecule has 22 heavy (non-hydrogen) atoms. The van der Waals surface area contributed by atoms with Gasteiger partial charge in [0.2, 0.25) is 0 Å². The minimum atomic E-state index is -0.0948. The highest BCUT2D eigenvalue weighted by Crippen LogP contribution is 2.14. The molecule has 1 aromatic heterocycles. The normalized spacial score (nSPS) is 12.4. The minimum Gasteiger partial charge on any atom is -0.344 e. The molecule has 0 aliphatic rings. The van der Waals surface area contributed by atoms with Crippen molar-refractivity contribution in [3.8, 4) is 0 Å². The van der Waals surface area contributed by atoms with E-state index in [-0.39, 0.29) is 11.9 Å². The van der Waals surface area contributed by atoms with Crippen molar-refractivity contribution in [2.24, 2.45) is 0 Å². The standard InChI is InChI=1S/C17H24N4O/c1-5-15(16-18-10-12(2)19-16)20-17(22)14-8-6-13(7-9-14)11-21(3)4/h6-10,15H,5,11H2,1-4H3,(H,18,19)(H,20,22)/t15-/m0/s1. The van der Waals surface area contributed by atoms with Gasteiger partial charge in [0.05, 0.1) is 6.04 Å². The first-order chi connectivity index (χ1) is 10.5. The average Bonchev–Trinajstić information content (AvgIpc) is 2.91. The quantitative estimate of drug-likeness (QED) is 0.862. The Morgan fingerprint density at radius 3 is 2.50 bits per heavy atom. The van der Waals surface area contributed by atoms with Gasteiger partial charge in [0.15, 0.2) is 0 Å². The topological polar surface area (TPSA) is 61.0 Å². The Hall–Kier alpha value is -2.14. The molecule has 5 nitrogen and oxygen atoms in total. The third-order valence-electron chi connectivity index (χ3n) is 3.48. The fourth-order valence-corrected chi connectivity index (χ4v) is 2.34. The number of aryl methyl sites for hydroxylation is 1. The zero-order valence-electron chi connectivity index (χ0n) is 13.7. The van der Waals surface area contributed by atoms with E-state index < -0.39 is 0 Å². The molecule has 0 bridgehead atoms. The number of aromatic amines is 1. The van der Waals surface area contributed by atoms with Crippen LogP contribution in [0, 0.1) is 6.92 Å². The van der Waals surface area contributed by atoms with Crippen molar-refractivity contribution in [3.05, 3.63) is 53.1 Å². The highest BCUT2D eigenvalue weighted by Gasteiger charge is 2.16. The summed E-state index contributed by atoms with van der Waals surface area (Å²) in [6, 6.07) is 7.63. The van der Waals surface area contributed by atoms with Crippen molar-refractivity contribution >= 4 is 5.91 Å². The zero-order chi connectivity index (χ0) is 16.1. The van der Waals surface area contributed by atoms with E-state index in [2.05, 4.69) is 20.2 Å². The van der Waals surface area contributed by atoms with Crippen LogP contribution in [0.15, 0.2) is 30.5 Å². The maximum Gasteiger partial charge on any atom is 0.251 e. The predicted molar refractivity (Wildman–Crippen MR) is 87.7 cm³/mol. The second kappa shape index (κ2) is 7.22. The van der Waals surface area contributed by atoms with Gasteiger partial charge >= 0.3 is 0 Å². The van der Waals surface area contributed by atoms with E-state index in [1.807, 2.05) is 52.2 Å². The molecule has 0 saturated heterocycles. The third-order valence-corrected chi connectivity index (χ3v) is 3.48. The van der Waals surface area contributed by atoms with Gasteiger partial charge in [-0.3, -0.25) is 4.79 Å². The second-order valence-corrected chi connectivity index (χ2v) is 5.82. The fourth-order valence-electron chi connectivity index (χ4n) is 2.34. The first kappa shape index (κ1) is 16.2. The van der Waals surface area contributed by atoms with Gasteiger partial charge in [-0.2, -0.15) is 0 Å². The van der Waals surface area contributed by atoms with E-state index in [1.54, 1.807) is 6.20 Å². The van der Waals surface area contributed by atoms with Crippen molar-refractivity contribution in [1.29, 1.82) is 0 Å². The Balaban J connectivity index is 2.04. The van der Waals surface area contributed by atoms with Crippen molar-refractivity contribution in [3.63, 3.8) is 0 Å². The molecule has 1 heterocycles. The molecule has 118 valence electrons. The molecule has 0 radical (unpaired) electrons. The molecule has 1 amide bonds. The van der Waals surface area contributed by atoms with Gasteiger partial charge in [0.1, 0.15) is 5.82 Å². The molecule has 5 heteroatoms. The first-order valence-electron chi connectivity index (χ1n) is 7.55. The number of imidazole rings is 1. The maximum atomic E-state index is 12.4. The molecule has 0 fully saturated rings. The molecule has 0 aliphatic heterocycles. The molecule has 0 saturated carbocycles. The lowest BCUT2D eigenvalue weighted by atomic mass is 10.1. The van der Waals surface area contributed by atoms with Crippen LogP contribution in [-0.2, 0) is 6.54 Å². The lowest BCUT2D eigenvalue weighted by Crippen LogP contribution is -2.28. The minimum absolute atomic E-state index is 0.0719. The van der Waals surface area contributed by atoms with E-state index in [0.717, 1.165) is 24.5 Å². The second-order valence-electron chi connectivity index (χ2n) is 5.82. The van der Waals surface area contributed by atoms with Crippen LogP contribution in [0.3, 0.4) is 0 Å². The molecular formula is C17H24N4O. The van der Waals surface area contributed by atoms with Crippen LogP contribution >= 0.6 is 0 Å². The number of H-pyrrole nitrogens is 1. The van der Waals surface area contributed by atoms with Crippen molar-refractivity contribution in [2.45, 2.75) is 32.9 Å². The molecule has 2 aromatic rings. The molecule has 0 unspecified atom stereocenters. The summed E-state index contributed by atoms with van der Waals surface area (Å²) in [5.41, 5.74) is 2.86. The van der Waals surface area contributed by atoms with Gasteiger partial charge in [-0.1, -0.05) is 19.1 Å². The molecule has 0 spiro atoms. The number of aromatic nitrogens is 2. The zero-order valence-corrected chi connectivity index (χ0v) is 13.7. The van der Waals surface area contributed by atoms with E-state index in [1.165, 1.54) is 5.56 Å². The van der Waals surface area contributed by atoms with Crippen LogP contribution < -0.4 is 5.32 Å². The Bertz CT molecular complexity index is 616. The summed E-state index contributed by atoms with van der Waals surface area (Å²) in [5, 5.41) is 3.03. The monoisotopic (exact) mass is 300 g/mol. The summed E-state index contributed by atoms with van der Waals surface area (Å²) in [7, 11) is 4.05. The summed E-state index contributed by atoms with van der Waals surface area (Å²) >= 11 is 0. The number of hydrogen-bond donors (Lipinski definition) is 2. The number of hydrogen-bond acceptors (Lipinski definition) is 3. The number of amides is 1. The van der Waals surface area contributed by atoms with Crippen molar-refractivity contribution < 1.29 is 4.79 Å². The summed E-state index contributed by atoms with van der Waals surface area (Å²) in [6.45, 7) is 4.85. The highest BCUT2D eigenvalue weighted by atomic mass is 16.1. The Morgan fingerprint density at radius 2 is 2.00 bits per heavy atom. The number of carbonyl (C=O) groups excluding carboxylic acids is 1. The average molecular weight is 300 g/mol. The maximum absolute atomic E-state index is 12.4. The van der Waals surface area contributed by atoms with Crippen molar-refractivity contribution in [2.75, 3.05) is 14.1 Å². The van der Waals surface area contributed by atoms with Crippen LogP contribution in [0.5, 0.6) is 0 Å². The van der Waals surface area contributed by atoms with E-state index in [4.69, 9.17) is 0 Å². The summed E-state index contributed by atoms with van der Waals surface area (Å²) in [5.74, 6) is 0.731. The Kier molecular flexibility index (Phi) is 5.33. The number of carbonyl (C=O) groups is 1. The first-order valence-corrected chi connectivity index (χ1v) is 7.55. The van der Waals surface area contributed by atoms with Crippen LogP contribution in [0.25, 0.3) is 0 Å². The lowest BCUT2D eigenvalue weighted by Gasteiger charge is -2.15. The molecule has 0 aliphatic carbocycles. The van der Waals surface area contributed by atoms with E-state index in [0.29, 0.717) is 5.56 Å². The number of nitrogens with zero attached hydrogens (tertiary/aromatic N) is 2. The molecule has 1 atom stereocenters. The van der Waals surface area contributed by atoms with Crippen LogP contribution in [-0.4, -0.2) is 34.9 Å². The Morgan fingerprint density at radius 1 is 1.32 bits per heavy atom. The fraction of sp³-hybridized carbons (Fsp3) is 0.412. The number of nitrogens with one attached hydrogen (secondary N) is 2. The predicted octanol–water partition coefficient (Wildman–Crippen LogP) is 2.66. The number of rotatable bonds is 6. The molecule has 2 N–H and O–H groups in total. The molecule has 2 rings (SSSR count). The van der Waals surface area contributed by atoms with Gasteiger partial charge in [-0.25, -0.2) is 4.98 Å². The molecule has 1 aromatic carbocycles. The smallest absolute Gasteiger partial charge is 0.251 e. The van der Waals surface area contributed by atoms with Crippen LogP contribution in [0.4, 0.5) is 0 Å². The lowest BCUT2D eigenvalue weighted by molar-refractivity contribution is 0.0934. The van der Waals surface area contributed by atoms with Gasteiger partial charge < -0.3 is 15.2 Å². The van der Waals surface area contributed by atoms with Crippen molar-refractivity contribution in [1.82, 2.24) is 20.2 Å². The third kappa shape index (κ3) is 4.18. The van der Waals surface area contributed by atoms with Crippen LogP contribution in [0.2, 0.25) is 0 Å². The largest absolute Gasteiger partial charge is 0.344 e. The molecular weight excluding hydrogens is 276 g/mol. The Labute approximate surface area is 131 Å². The van der Waals surface area contributed by atoms with Crippen LogP contribution in [0.1, 0.15) is 46.8 Å². The number of benzene rings is 1. The van der Waals surface area contributed by atoms with E-state index in [9.17, 15) is 4.79 Å². The van der Waals surface area contributed by atoms with Gasteiger partial charge in [-0.15, -0.1) is 0 Å². The summed E-state index contributed by atoms with van der Waals surface area (Å²) in [4.78, 5) is 22.0. The highest BCUT2D eigenvalue weighted by molar-refractivity contribution is 5.94. The SMILES string of the molecule is CC[C@H](NC(=O)c1ccc(CN(C)C)cc1)c1ncc(C)[nH]1. The van der Waals surface area contributed by atoms with Gasteiger partial charge in [0.25, 0.3) is 5.91 Å². The van der Waals surface area contributed by atoms with E-state index >= 15 is 0 Å². The summed E-state index contributed by atoms with van der Waals surface area (Å²) in [6.07, 6.45) is 2.57. The van der Waals surface area contributed by atoms with Gasteiger partial charge in [-0.05, 0) is 45.1 Å². The van der Waals surface area contributed by atoms with Gasteiger partial charge in [0, 0.05) is 24.0 Å². The summed E-state index contributed by atoms with van der Waals surface area (Å²) < 4.78 is 0.